The van der Waals surface area contributed by atoms with Crippen LogP contribution in [-0.2, 0) is 10.3 Å². The summed E-state index contributed by atoms with van der Waals surface area (Å²) in [6.07, 6.45) is 0. The van der Waals surface area contributed by atoms with E-state index in [9.17, 15) is 8.78 Å². The molecule has 7 heteroatoms. The summed E-state index contributed by atoms with van der Waals surface area (Å²) in [6, 6.07) is 3.73. The van der Waals surface area contributed by atoms with Crippen LogP contribution in [0.2, 0.25) is 0 Å². The number of nitrogens with zero attached hydrogens (tertiary/aromatic N) is 2. The molecule has 1 unspecified atom stereocenters. The van der Waals surface area contributed by atoms with E-state index in [-0.39, 0.29) is 23.9 Å². The van der Waals surface area contributed by atoms with Gasteiger partial charge < -0.3 is 15.0 Å². The summed E-state index contributed by atoms with van der Waals surface area (Å²) in [4.78, 5) is 4.02. The molecule has 0 aliphatic carbocycles. The van der Waals surface area contributed by atoms with E-state index in [1.165, 1.54) is 12.1 Å². The Labute approximate surface area is 114 Å². The maximum absolute atomic E-state index is 13.6. The summed E-state index contributed by atoms with van der Waals surface area (Å²) < 4.78 is 37.0. The minimum atomic E-state index is -1.04. The molecule has 1 aromatic carbocycles. The third-order valence-electron chi connectivity index (χ3n) is 2.72. The Bertz CT molecular complexity index is 599. The molecule has 1 atom stereocenters. The molecule has 0 saturated heterocycles. The van der Waals surface area contributed by atoms with Crippen LogP contribution < -0.4 is 5.73 Å². The Morgan fingerprint density at radius 2 is 2.15 bits per heavy atom. The molecule has 20 heavy (non-hydrogen) atoms. The zero-order valence-electron chi connectivity index (χ0n) is 11.2. The zero-order valence-corrected chi connectivity index (χ0v) is 11.2. The first-order valence-electron chi connectivity index (χ1n) is 6.11. The molecule has 0 bridgehead atoms. The predicted octanol–water partition coefficient (Wildman–Crippen LogP) is 2.23. The van der Waals surface area contributed by atoms with Crippen molar-refractivity contribution in [3.63, 3.8) is 0 Å². The molecule has 0 aliphatic heterocycles. The molecule has 2 N–H and O–H groups in total. The van der Waals surface area contributed by atoms with Crippen LogP contribution in [0.25, 0.3) is 11.5 Å². The van der Waals surface area contributed by atoms with Crippen molar-refractivity contribution in [1.29, 1.82) is 0 Å². The van der Waals surface area contributed by atoms with E-state index in [1.807, 2.05) is 6.92 Å². The van der Waals surface area contributed by atoms with E-state index in [4.69, 9.17) is 15.0 Å². The standard InChI is InChI=1S/C13H15F2N3O2/c1-3-19-7-13(2,16)12-17-11(20-18-12)8-5-4-6-9(14)10(8)15/h4-6H,3,7,16H2,1-2H3. The summed E-state index contributed by atoms with van der Waals surface area (Å²) in [5, 5.41) is 3.71. The van der Waals surface area contributed by atoms with E-state index in [0.29, 0.717) is 6.61 Å². The van der Waals surface area contributed by atoms with E-state index < -0.39 is 17.2 Å². The Morgan fingerprint density at radius 3 is 2.85 bits per heavy atom. The van der Waals surface area contributed by atoms with Crippen molar-refractivity contribution in [3.8, 4) is 11.5 Å². The van der Waals surface area contributed by atoms with Crippen molar-refractivity contribution in [3.05, 3.63) is 35.7 Å². The predicted molar refractivity (Wildman–Crippen MR) is 67.7 cm³/mol. The van der Waals surface area contributed by atoms with Crippen molar-refractivity contribution < 1.29 is 18.0 Å². The molecule has 5 nitrogen and oxygen atoms in total. The quantitative estimate of drug-likeness (QED) is 0.910. The average molecular weight is 283 g/mol. The molecule has 2 aromatic rings. The van der Waals surface area contributed by atoms with Crippen LogP contribution in [0.15, 0.2) is 22.7 Å². The fourth-order valence-corrected chi connectivity index (χ4v) is 1.61. The molecule has 0 saturated carbocycles. The lowest BCUT2D eigenvalue weighted by Crippen LogP contribution is -2.39. The molecule has 0 spiro atoms. The highest BCUT2D eigenvalue weighted by Crippen LogP contribution is 2.25. The Hall–Kier alpha value is -1.86. The summed E-state index contributed by atoms with van der Waals surface area (Å²) in [7, 11) is 0. The number of ether oxygens (including phenoxy) is 1. The number of hydrogen-bond acceptors (Lipinski definition) is 5. The Balaban J connectivity index is 2.31. The first kappa shape index (κ1) is 14.5. The minimum absolute atomic E-state index is 0.101. The number of halogens is 2. The topological polar surface area (TPSA) is 74.2 Å². The third kappa shape index (κ3) is 2.83. The smallest absolute Gasteiger partial charge is 0.261 e. The first-order chi connectivity index (χ1) is 9.45. The second-order valence-corrected chi connectivity index (χ2v) is 4.58. The van der Waals surface area contributed by atoms with Gasteiger partial charge in [-0.3, -0.25) is 0 Å². The molecule has 1 heterocycles. The lowest BCUT2D eigenvalue weighted by atomic mass is 10.1. The van der Waals surface area contributed by atoms with Crippen molar-refractivity contribution in [1.82, 2.24) is 10.1 Å². The van der Waals surface area contributed by atoms with Gasteiger partial charge in [-0.05, 0) is 26.0 Å². The number of nitrogens with two attached hydrogens (primary N) is 1. The van der Waals surface area contributed by atoms with Gasteiger partial charge in [0.15, 0.2) is 17.5 Å². The Morgan fingerprint density at radius 1 is 1.40 bits per heavy atom. The van der Waals surface area contributed by atoms with Gasteiger partial charge in [-0.15, -0.1) is 0 Å². The van der Waals surface area contributed by atoms with Gasteiger partial charge in [0.05, 0.1) is 12.2 Å². The van der Waals surface area contributed by atoms with Gasteiger partial charge in [0.1, 0.15) is 5.54 Å². The van der Waals surface area contributed by atoms with Crippen LogP contribution >= 0.6 is 0 Å². The number of rotatable bonds is 5. The Kier molecular flexibility index (Phi) is 4.10. The van der Waals surface area contributed by atoms with Crippen molar-refractivity contribution in [2.45, 2.75) is 19.4 Å². The number of benzene rings is 1. The second kappa shape index (κ2) is 5.64. The summed E-state index contributed by atoms with van der Waals surface area (Å²) in [5.41, 5.74) is 4.93. The van der Waals surface area contributed by atoms with Gasteiger partial charge in [0.2, 0.25) is 0 Å². The molecule has 0 amide bonds. The normalized spacial score (nSPS) is 14.2. The fraction of sp³-hybridized carbons (Fsp3) is 0.385. The largest absolute Gasteiger partial charge is 0.379 e. The highest BCUT2D eigenvalue weighted by molar-refractivity contribution is 5.53. The van der Waals surface area contributed by atoms with E-state index in [0.717, 1.165) is 6.07 Å². The lowest BCUT2D eigenvalue weighted by molar-refractivity contribution is 0.0962. The van der Waals surface area contributed by atoms with Gasteiger partial charge in [-0.1, -0.05) is 11.2 Å². The van der Waals surface area contributed by atoms with Crippen LogP contribution in [0, 0.1) is 11.6 Å². The molecule has 0 aliphatic rings. The fourth-order valence-electron chi connectivity index (χ4n) is 1.61. The zero-order chi connectivity index (χ0) is 14.8. The van der Waals surface area contributed by atoms with Crippen LogP contribution in [0.1, 0.15) is 19.7 Å². The number of aromatic nitrogens is 2. The van der Waals surface area contributed by atoms with Crippen molar-refractivity contribution >= 4 is 0 Å². The van der Waals surface area contributed by atoms with E-state index >= 15 is 0 Å². The average Bonchev–Trinajstić information content (AvgIpc) is 2.90. The summed E-state index contributed by atoms with van der Waals surface area (Å²) in [6.45, 7) is 4.18. The second-order valence-electron chi connectivity index (χ2n) is 4.58. The van der Waals surface area contributed by atoms with Crippen LogP contribution in [0.3, 0.4) is 0 Å². The molecule has 0 fully saturated rings. The van der Waals surface area contributed by atoms with Gasteiger partial charge in [0, 0.05) is 6.61 Å². The molecule has 2 rings (SSSR count). The summed E-state index contributed by atoms with van der Waals surface area (Å²) >= 11 is 0. The van der Waals surface area contributed by atoms with Crippen LogP contribution in [0.4, 0.5) is 8.78 Å². The van der Waals surface area contributed by atoms with Gasteiger partial charge in [-0.2, -0.15) is 4.98 Å². The molecule has 0 radical (unpaired) electrons. The summed E-state index contributed by atoms with van der Waals surface area (Å²) in [5.74, 6) is -1.96. The molecule has 108 valence electrons. The lowest BCUT2D eigenvalue weighted by Gasteiger charge is -2.19. The van der Waals surface area contributed by atoms with E-state index in [1.54, 1.807) is 6.92 Å². The molecular formula is C13H15F2N3O2. The maximum Gasteiger partial charge on any atom is 0.261 e. The third-order valence-corrected chi connectivity index (χ3v) is 2.72. The van der Waals surface area contributed by atoms with E-state index in [2.05, 4.69) is 10.1 Å². The van der Waals surface area contributed by atoms with Crippen LogP contribution in [0.5, 0.6) is 0 Å². The van der Waals surface area contributed by atoms with Gasteiger partial charge >= 0.3 is 0 Å². The van der Waals surface area contributed by atoms with Crippen molar-refractivity contribution in [2.75, 3.05) is 13.2 Å². The maximum atomic E-state index is 13.6. The highest BCUT2D eigenvalue weighted by Gasteiger charge is 2.28. The van der Waals surface area contributed by atoms with Crippen molar-refractivity contribution in [2.24, 2.45) is 5.73 Å². The monoisotopic (exact) mass is 283 g/mol. The molecular weight excluding hydrogens is 268 g/mol. The SMILES string of the molecule is CCOCC(C)(N)c1noc(-c2cccc(F)c2F)n1. The highest BCUT2D eigenvalue weighted by atomic mass is 19.2. The van der Waals surface area contributed by atoms with Gasteiger partial charge in [-0.25, -0.2) is 8.78 Å². The molecule has 1 aromatic heterocycles. The number of hydrogen-bond donors (Lipinski definition) is 1. The van der Waals surface area contributed by atoms with Gasteiger partial charge in [0.25, 0.3) is 5.89 Å². The van der Waals surface area contributed by atoms with Crippen LogP contribution in [-0.4, -0.2) is 23.4 Å². The first-order valence-corrected chi connectivity index (χ1v) is 6.11. The minimum Gasteiger partial charge on any atom is -0.379 e.